The van der Waals surface area contributed by atoms with Gasteiger partial charge in [-0.2, -0.15) is 0 Å². The number of carbonyl (C=O) groups is 1. The van der Waals surface area contributed by atoms with Crippen molar-refractivity contribution in [3.05, 3.63) is 75.9 Å². The molecule has 0 saturated heterocycles. The molecular weight excluding hydrogens is 519 g/mol. The van der Waals surface area contributed by atoms with Gasteiger partial charge in [-0.3, -0.25) is 4.79 Å². The highest BCUT2D eigenvalue weighted by molar-refractivity contribution is 14.1. The van der Waals surface area contributed by atoms with E-state index in [0.29, 0.717) is 31.3 Å². The van der Waals surface area contributed by atoms with Gasteiger partial charge >= 0.3 is 0 Å². The number of carbonyl (C=O) groups excluding carboxylic acids is 1. The average Bonchev–Trinajstić information content (AvgIpc) is 2.79. The van der Waals surface area contributed by atoms with Crippen LogP contribution in [0.1, 0.15) is 19.4 Å². The van der Waals surface area contributed by atoms with E-state index >= 15 is 0 Å². The fourth-order valence-corrected chi connectivity index (χ4v) is 3.84. The SMILES string of the molecule is CCOc1ccc(NCc2cc(I)c(OCC(=O)Nc3ccccc3)c(OCC)c2)cc1. The van der Waals surface area contributed by atoms with Gasteiger partial charge in [-0.15, -0.1) is 0 Å². The maximum atomic E-state index is 12.3. The van der Waals surface area contributed by atoms with E-state index in [4.69, 9.17) is 14.2 Å². The second-order valence-electron chi connectivity index (χ2n) is 6.85. The predicted molar refractivity (Wildman–Crippen MR) is 136 cm³/mol. The number of nitrogens with one attached hydrogen (secondary N) is 2. The zero-order valence-electron chi connectivity index (χ0n) is 18.2. The van der Waals surface area contributed by atoms with E-state index < -0.39 is 0 Å². The molecule has 0 radical (unpaired) electrons. The molecule has 0 aliphatic heterocycles. The number of halogens is 1. The van der Waals surface area contributed by atoms with Crippen molar-refractivity contribution in [1.82, 2.24) is 0 Å². The number of rotatable bonds is 11. The van der Waals surface area contributed by atoms with Crippen LogP contribution in [-0.4, -0.2) is 25.7 Å². The zero-order valence-corrected chi connectivity index (χ0v) is 20.3. The van der Waals surface area contributed by atoms with Gasteiger partial charge in [-0.1, -0.05) is 18.2 Å². The second-order valence-corrected chi connectivity index (χ2v) is 8.01. The van der Waals surface area contributed by atoms with E-state index in [-0.39, 0.29) is 12.5 Å². The molecule has 168 valence electrons. The first-order valence-corrected chi connectivity index (χ1v) is 11.6. The Bertz CT molecular complexity index is 1010. The third kappa shape index (κ3) is 7.05. The lowest BCUT2D eigenvalue weighted by Gasteiger charge is -2.16. The zero-order chi connectivity index (χ0) is 22.8. The lowest BCUT2D eigenvalue weighted by molar-refractivity contribution is -0.118. The molecule has 2 N–H and O–H groups in total. The highest BCUT2D eigenvalue weighted by atomic mass is 127. The van der Waals surface area contributed by atoms with Gasteiger partial charge in [0, 0.05) is 17.9 Å². The Kier molecular flexibility index (Phi) is 9.03. The third-order valence-electron chi connectivity index (χ3n) is 4.44. The molecule has 7 heteroatoms. The Morgan fingerprint density at radius 1 is 0.875 bits per heavy atom. The Labute approximate surface area is 202 Å². The molecule has 1 amide bonds. The van der Waals surface area contributed by atoms with Crippen LogP contribution in [0, 0.1) is 3.57 Å². The van der Waals surface area contributed by atoms with Crippen LogP contribution in [0.3, 0.4) is 0 Å². The van der Waals surface area contributed by atoms with E-state index in [2.05, 4.69) is 33.2 Å². The largest absolute Gasteiger partial charge is 0.494 e. The summed E-state index contributed by atoms with van der Waals surface area (Å²) < 4.78 is 18.0. The topological polar surface area (TPSA) is 68.8 Å². The minimum Gasteiger partial charge on any atom is -0.494 e. The summed E-state index contributed by atoms with van der Waals surface area (Å²) in [4.78, 5) is 12.3. The van der Waals surface area contributed by atoms with Crippen LogP contribution >= 0.6 is 22.6 Å². The quantitative estimate of drug-likeness (QED) is 0.302. The summed E-state index contributed by atoms with van der Waals surface area (Å²) in [6.07, 6.45) is 0. The average molecular weight is 546 g/mol. The Balaban J connectivity index is 1.63. The van der Waals surface area contributed by atoms with Crippen LogP contribution in [0.15, 0.2) is 66.7 Å². The van der Waals surface area contributed by atoms with Crippen molar-refractivity contribution in [3.63, 3.8) is 0 Å². The fraction of sp³-hybridized carbons (Fsp3) is 0.240. The first-order valence-electron chi connectivity index (χ1n) is 10.5. The van der Waals surface area contributed by atoms with E-state index in [9.17, 15) is 4.79 Å². The third-order valence-corrected chi connectivity index (χ3v) is 5.24. The lowest BCUT2D eigenvalue weighted by atomic mass is 10.2. The van der Waals surface area contributed by atoms with Crippen molar-refractivity contribution < 1.29 is 19.0 Å². The Morgan fingerprint density at radius 3 is 2.28 bits per heavy atom. The van der Waals surface area contributed by atoms with Crippen LogP contribution in [-0.2, 0) is 11.3 Å². The van der Waals surface area contributed by atoms with E-state index in [1.54, 1.807) is 0 Å². The molecule has 0 heterocycles. The summed E-state index contributed by atoms with van der Waals surface area (Å²) in [6, 6.07) is 21.1. The highest BCUT2D eigenvalue weighted by Crippen LogP contribution is 2.34. The van der Waals surface area contributed by atoms with Crippen LogP contribution < -0.4 is 24.8 Å². The van der Waals surface area contributed by atoms with Gasteiger partial charge in [0.1, 0.15) is 5.75 Å². The molecule has 0 saturated carbocycles. The predicted octanol–water partition coefficient (Wildman–Crippen LogP) is 5.72. The fourth-order valence-electron chi connectivity index (χ4n) is 3.02. The number of anilines is 2. The molecule has 0 aliphatic rings. The Morgan fingerprint density at radius 2 is 1.59 bits per heavy atom. The molecule has 32 heavy (non-hydrogen) atoms. The molecule has 6 nitrogen and oxygen atoms in total. The van der Waals surface area contributed by atoms with Gasteiger partial charge in [0.15, 0.2) is 18.1 Å². The standard InChI is InChI=1S/C25H27IN2O4/c1-3-30-21-12-10-19(11-13-21)27-16-18-14-22(26)25(23(15-18)31-4-2)32-17-24(29)28-20-8-6-5-7-9-20/h5-15,27H,3-4,16-17H2,1-2H3,(H,28,29). The van der Waals surface area contributed by atoms with Gasteiger partial charge in [-0.25, -0.2) is 0 Å². The molecule has 0 aliphatic carbocycles. The number of benzene rings is 3. The summed E-state index contributed by atoms with van der Waals surface area (Å²) >= 11 is 2.21. The molecule has 3 aromatic carbocycles. The van der Waals surface area contributed by atoms with Gasteiger partial charge in [0.05, 0.1) is 16.8 Å². The first kappa shape index (κ1) is 23.7. The lowest BCUT2D eigenvalue weighted by Crippen LogP contribution is -2.20. The number of amides is 1. The molecule has 0 bridgehead atoms. The summed E-state index contributed by atoms with van der Waals surface area (Å²) in [5, 5.41) is 6.22. The second kappa shape index (κ2) is 12.2. The van der Waals surface area contributed by atoms with E-state index in [0.717, 1.165) is 26.3 Å². The van der Waals surface area contributed by atoms with Gasteiger partial charge < -0.3 is 24.8 Å². The monoisotopic (exact) mass is 546 g/mol. The smallest absolute Gasteiger partial charge is 0.262 e. The molecule has 3 rings (SSSR count). The van der Waals surface area contributed by atoms with Crippen molar-refractivity contribution in [1.29, 1.82) is 0 Å². The summed E-state index contributed by atoms with van der Waals surface area (Å²) in [5.41, 5.74) is 2.78. The number of hydrogen-bond donors (Lipinski definition) is 2. The first-order chi connectivity index (χ1) is 15.6. The van der Waals surface area contributed by atoms with Crippen molar-refractivity contribution in [3.8, 4) is 17.2 Å². The van der Waals surface area contributed by atoms with Crippen molar-refractivity contribution >= 4 is 39.9 Å². The maximum absolute atomic E-state index is 12.3. The van der Waals surface area contributed by atoms with Crippen LogP contribution in [0.25, 0.3) is 0 Å². The van der Waals surface area contributed by atoms with Gasteiger partial charge in [-0.05, 0) is 90.5 Å². The molecule has 0 aromatic heterocycles. The van der Waals surface area contributed by atoms with Crippen LogP contribution in [0.2, 0.25) is 0 Å². The summed E-state index contributed by atoms with van der Waals surface area (Å²) in [6.45, 7) is 5.55. The highest BCUT2D eigenvalue weighted by Gasteiger charge is 2.14. The maximum Gasteiger partial charge on any atom is 0.262 e. The van der Waals surface area contributed by atoms with Gasteiger partial charge in [0.2, 0.25) is 0 Å². The van der Waals surface area contributed by atoms with Crippen molar-refractivity contribution in [2.75, 3.05) is 30.5 Å². The molecule has 3 aromatic rings. The van der Waals surface area contributed by atoms with Gasteiger partial charge in [0.25, 0.3) is 5.91 Å². The molecule has 0 fully saturated rings. The van der Waals surface area contributed by atoms with E-state index in [1.165, 1.54) is 0 Å². The minimum absolute atomic E-state index is 0.102. The Hall–Kier alpha value is -2.94. The van der Waals surface area contributed by atoms with Crippen LogP contribution in [0.4, 0.5) is 11.4 Å². The molecule has 0 spiro atoms. The number of para-hydroxylation sites is 1. The normalized spacial score (nSPS) is 10.3. The molecule has 0 unspecified atom stereocenters. The van der Waals surface area contributed by atoms with Crippen LogP contribution in [0.5, 0.6) is 17.2 Å². The minimum atomic E-state index is -0.226. The molecular formula is C25H27IN2O4. The number of hydrogen-bond acceptors (Lipinski definition) is 5. The number of ether oxygens (including phenoxy) is 3. The van der Waals surface area contributed by atoms with E-state index in [1.807, 2.05) is 80.6 Å². The van der Waals surface area contributed by atoms with Crippen molar-refractivity contribution in [2.24, 2.45) is 0 Å². The van der Waals surface area contributed by atoms with Crippen molar-refractivity contribution in [2.45, 2.75) is 20.4 Å². The summed E-state index contributed by atoms with van der Waals surface area (Å²) in [5.74, 6) is 1.82. The molecule has 0 atom stereocenters. The summed E-state index contributed by atoms with van der Waals surface area (Å²) in [7, 11) is 0.